The molecule has 0 fully saturated rings. The van der Waals surface area contributed by atoms with E-state index in [1.54, 1.807) is 7.11 Å². The molecule has 1 aromatic carbocycles. The number of nitriles is 1. The van der Waals surface area contributed by atoms with E-state index in [0.717, 1.165) is 11.1 Å². The van der Waals surface area contributed by atoms with Crippen LogP contribution in [0.5, 0.6) is 0 Å². The van der Waals surface area contributed by atoms with E-state index in [1.165, 1.54) is 0 Å². The van der Waals surface area contributed by atoms with Gasteiger partial charge in [0.15, 0.2) is 0 Å². The molecule has 0 heterocycles. The summed E-state index contributed by atoms with van der Waals surface area (Å²) in [5, 5.41) is 9.05. The van der Waals surface area contributed by atoms with Crippen molar-refractivity contribution in [3.8, 4) is 6.07 Å². The highest BCUT2D eigenvalue weighted by molar-refractivity contribution is 5.28. The number of benzene rings is 1. The van der Waals surface area contributed by atoms with E-state index < -0.39 is 0 Å². The van der Waals surface area contributed by atoms with Gasteiger partial charge in [0, 0.05) is 7.11 Å². The van der Waals surface area contributed by atoms with Crippen molar-refractivity contribution in [2.24, 2.45) is 0 Å². The summed E-state index contributed by atoms with van der Waals surface area (Å²) in [4.78, 5) is 1.89. The van der Waals surface area contributed by atoms with Gasteiger partial charge in [-0.1, -0.05) is 24.3 Å². The Morgan fingerprint density at radius 2 is 2.20 bits per heavy atom. The quantitative estimate of drug-likeness (QED) is 0.752. The molecule has 0 amide bonds. The Morgan fingerprint density at radius 1 is 1.47 bits per heavy atom. The molecule has 0 radical (unpaired) electrons. The Hall–Kier alpha value is -1.37. The van der Waals surface area contributed by atoms with Crippen LogP contribution in [-0.2, 0) is 11.3 Å². The fraction of sp³-hybridized carbons (Fsp3) is 0.417. The van der Waals surface area contributed by atoms with Gasteiger partial charge in [-0.25, -0.2) is 0 Å². The molecule has 0 aliphatic heterocycles. The molecule has 0 saturated carbocycles. The topological polar surface area (TPSA) is 36.3 Å². The zero-order chi connectivity index (χ0) is 11.3. The van der Waals surface area contributed by atoms with Crippen molar-refractivity contribution in [1.82, 2.24) is 4.90 Å². The first kappa shape index (κ1) is 11.7. The predicted octanol–water partition coefficient (Wildman–Crippen LogP) is 1.96. The molecule has 0 aliphatic rings. The number of hydrogen-bond acceptors (Lipinski definition) is 3. The molecule has 0 N–H and O–H groups in total. The number of methoxy groups -OCH3 is 1. The lowest BCUT2D eigenvalue weighted by atomic mass is 10.0. The maximum Gasteiger partial charge on any atom is 0.123 e. The Bertz CT molecular complexity index is 355. The third-order valence-corrected chi connectivity index (χ3v) is 2.22. The normalized spacial score (nSPS) is 12.5. The molecule has 1 atom stereocenters. The van der Waals surface area contributed by atoms with E-state index in [4.69, 9.17) is 10.00 Å². The smallest absolute Gasteiger partial charge is 0.123 e. The SMILES string of the molecule is COCc1cccc(C(C#N)N(C)C)c1. The van der Waals surface area contributed by atoms with Crippen molar-refractivity contribution >= 4 is 0 Å². The molecule has 3 heteroatoms. The zero-order valence-electron chi connectivity index (χ0n) is 9.40. The number of nitrogens with zero attached hydrogens (tertiary/aromatic N) is 2. The molecule has 0 saturated heterocycles. The summed E-state index contributed by atoms with van der Waals surface area (Å²) < 4.78 is 5.06. The molecule has 80 valence electrons. The Labute approximate surface area is 90.9 Å². The molecular formula is C12H16N2O. The number of ether oxygens (including phenoxy) is 1. The van der Waals surface area contributed by atoms with E-state index in [1.807, 2.05) is 43.3 Å². The molecule has 15 heavy (non-hydrogen) atoms. The monoisotopic (exact) mass is 204 g/mol. The van der Waals surface area contributed by atoms with E-state index >= 15 is 0 Å². The fourth-order valence-electron chi connectivity index (χ4n) is 1.51. The molecule has 1 rings (SSSR count). The highest BCUT2D eigenvalue weighted by Crippen LogP contribution is 2.18. The first-order valence-corrected chi connectivity index (χ1v) is 4.83. The first-order valence-electron chi connectivity index (χ1n) is 4.83. The predicted molar refractivity (Wildman–Crippen MR) is 59.2 cm³/mol. The maximum absolute atomic E-state index is 9.05. The van der Waals surface area contributed by atoms with Crippen molar-refractivity contribution in [2.45, 2.75) is 12.6 Å². The molecule has 1 unspecified atom stereocenters. The van der Waals surface area contributed by atoms with Gasteiger partial charge in [-0.3, -0.25) is 4.90 Å². The summed E-state index contributed by atoms with van der Waals surface area (Å²) in [6.07, 6.45) is 0. The van der Waals surface area contributed by atoms with Gasteiger partial charge in [0.2, 0.25) is 0 Å². The second-order valence-corrected chi connectivity index (χ2v) is 3.67. The van der Waals surface area contributed by atoms with Crippen molar-refractivity contribution in [1.29, 1.82) is 5.26 Å². The van der Waals surface area contributed by atoms with Gasteiger partial charge < -0.3 is 4.74 Å². The standard InChI is InChI=1S/C12H16N2O/c1-14(2)12(8-13)11-6-4-5-10(7-11)9-15-3/h4-7,12H,9H2,1-3H3. The van der Waals surface area contributed by atoms with Crippen LogP contribution in [0.2, 0.25) is 0 Å². The Kier molecular flexibility index (Phi) is 4.29. The van der Waals surface area contributed by atoms with Crippen LogP contribution < -0.4 is 0 Å². The maximum atomic E-state index is 9.05. The molecule has 0 aliphatic carbocycles. The van der Waals surface area contributed by atoms with Crippen molar-refractivity contribution in [2.75, 3.05) is 21.2 Å². The summed E-state index contributed by atoms with van der Waals surface area (Å²) in [5.41, 5.74) is 2.11. The van der Waals surface area contributed by atoms with Crippen LogP contribution in [0.4, 0.5) is 0 Å². The second kappa shape index (κ2) is 5.50. The van der Waals surface area contributed by atoms with Gasteiger partial charge in [-0.05, 0) is 25.2 Å². The van der Waals surface area contributed by atoms with E-state index in [-0.39, 0.29) is 6.04 Å². The van der Waals surface area contributed by atoms with Crippen LogP contribution in [0, 0.1) is 11.3 Å². The fourth-order valence-corrected chi connectivity index (χ4v) is 1.51. The van der Waals surface area contributed by atoms with Gasteiger partial charge in [0.05, 0.1) is 12.7 Å². The molecule has 1 aromatic rings. The summed E-state index contributed by atoms with van der Waals surface area (Å²) in [6, 6.07) is 10.0. The number of hydrogen-bond donors (Lipinski definition) is 0. The van der Waals surface area contributed by atoms with Crippen molar-refractivity contribution in [3.05, 3.63) is 35.4 Å². The third kappa shape index (κ3) is 3.05. The van der Waals surface area contributed by atoms with E-state index in [2.05, 4.69) is 6.07 Å². The average Bonchev–Trinajstić information content (AvgIpc) is 2.19. The molecule has 3 nitrogen and oxygen atoms in total. The van der Waals surface area contributed by atoms with Crippen molar-refractivity contribution < 1.29 is 4.74 Å². The molecular weight excluding hydrogens is 188 g/mol. The Balaban J connectivity index is 2.94. The van der Waals surface area contributed by atoms with Crippen LogP contribution in [-0.4, -0.2) is 26.1 Å². The summed E-state index contributed by atoms with van der Waals surface area (Å²) in [6.45, 7) is 0.583. The molecule has 0 bridgehead atoms. The van der Waals surface area contributed by atoms with Crippen LogP contribution in [0.3, 0.4) is 0 Å². The van der Waals surface area contributed by atoms with Gasteiger partial charge in [-0.15, -0.1) is 0 Å². The van der Waals surface area contributed by atoms with Gasteiger partial charge >= 0.3 is 0 Å². The van der Waals surface area contributed by atoms with Crippen molar-refractivity contribution in [3.63, 3.8) is 0 Å². The minimum atomic E-state index is -0.193. The lowest BCUT2D eigenvalue weighted by Crippen LogP contribution is -2.18. The number of rotatable bonds is 4. The van der Waals surface area contributed by atoms with Crippen LogP contribution >= 0.6 is 0 Å². The van der Waals surface area contributed by atoms with Gasteiger partial charge in [0.25, 0.3) is 0 Å². The second-order valence-electron chi connectivity index (χ2n) is 3.67. The summed E-state index contributed by atoms with van der Waals surface area (Å²) in [7, 11) is 5.47. The summed E-state index contributed by atoms with van der Waals surface area (Å²) >= 11 is 0. The minimum absolute atomic E-state index is 0.193. The Morgan fingerprint density at radius 3 is 2.73 bits per heavy atom. The average molecular weight is 204 g/mol. The summed E-state index contributed by atoms with van der Waals surface area (Å²) in [5.74, 6) is 0. The highest BCUT2D eigenvalue weighted by Gasteiger charge is 2.12. The van der Waals surface area contributed by atoms with E-state index in [0.29, 0.717) is 6.61 Å². The van der Waals surface area contributed by atoms with Gasteiger partial charge in [-0.2, -0.15) is 5.26 Å². The van der Waals surface area contributed by atoms with Crippen LogP contribution in [0.1, 0.15) is 17.2 Å². The highest BCUT2D eigenvalue weighted by atomic mass is 16.5. The van der Waals surface area contributed by atoms with Crippen LogP contribution in [0.15, 0.2) is 24.3 Å². The lowest BCUT2D eigenvalue weighted by molar-refractivity contribution is 0.184. The first-order chi connectivity index (χ1) is 7.19. The third-order valence-electron chi connectivity index (χ3n) is 2.22. The van der Waals surface area contributed by atoms with Gasteiger partial charge in [0.1, 0.15) is 6.04 Å². The zero-order valence-corrected chi connectivity index (χ0v) is 9.40. The minimum Gasteiger partial charge on any atom is -0.380 e. The lowest BCUT2D eigenvalue weighted by Gasteiger charge is -2.17. The molecule has 0 spiro atoms. The van der Waals surface area contributed by atoms with Crippen LogP contribution in [0.25, 0.3) is 0 Å². The molecule has 0 aromatic heterocycles. The van der Waals surface area contributed by atoms with E-state index in [9.17, 15) is 0 Å². The largest absolute Gasteiger partial charge is 0.380 e.